The van der Waals surface area contributed by atoms with Gasteiger partial charge < -0.3 is 15.5 Å². The number of carboxylic acids is 1. The summed E-state index contributed by atoms with van der Waals surface area (Å²) < 4.78 is 0. The van der Waals surface area contributed by atoms with Crippen molar-refractivity contribution in [3.05, 3.63) is 89.7 Å². The number of fused-ring (bicyclic) bond motifs is 1. The van der Waals surface area contributed by atoms with Crippen LogP contribution < -0.4 is 16.6 Å². The molecule has 0 aliphatic heterocycles. The number of anilines is 1. The van der Waals surface area contributed by atoms with Gasteiger partial charge in [0.2, 0.25) is 0 Å². The summed E-state index contributed by atoms with van der Waals surface area (Å²) in [6.07, 6.45) is 2.15. The maximum absolute atomic E-state index is 12.3. The number of rotatable bonds is 6. The minimum atomic E-state index is -1.13. The highest BCUT2D eigenvalue weighted by molar-refractivity contribution is 6.06. The Balaban J connectivity index is 1.53. The van der Waals surface area contributed by atoms with Crippen LogP contribution in [-0.4, -0.2) is 44.2 Å². The molecule has 0 saturated carbocycles. The van der Waals surface area contributed by atoms with Gasteiger partial charge in [0.1, 0.15) is 0 Å². The van der Waals surface area contributed by atoms with Gasteiger partial charge in [-0.1, -0.05) is 24.0 Å². The van der Waals surface area contributed by atoms with Crippen molar-refractivity contribution >= 4 is 28.5 Å². The lowest BCUT2D eigenvalue weighted by molar-refractivity contribution is -0.140. The molecule has 0 spiro atoms. The second kappa shape index (κ2) is 10.7. The van der Waals surface area contributed by atoms with Crippen molar-refractivity contribution < 1.29 is 19.8 Å². The summed E-state index contributed by atoms with van der Waals surface area (Å²) in [6.45, 7) is 1.42. The molecule has 6 N–H and O–H groups in total. The summed E-state index contributed by atoms with van der Waals surface area (Å²) in [4.78, 5) is 32.2. The molecule has 0 radical (unpaired) electrons. The van der Waals surface area contributed by atoms with E-state index in [0.29, 0.717) is 27.8 Å². The van der Waals surface area contributed by atoms with Crippen molar-refractivity contribution in [2.75, 3.05) is 5.32 Å². The van der Waals surface area contributed by atoms with Gasteiger partial charge in [-0.15, -0.1) is 0 Å². The Morgan fingerprint density at radius 3 is 2.22 bits per heavy atom. The number of aromatic nitrogens is 2. The molecular weight excluding hydrogens is 458 g/mol. The largest absolute Gasteiger partial charge is 0.480 e. The van der Waals surface area contributed by atoms with Crippen molar-refractivity contribution in [2.24, 2.45) is 5.84 Å². The second-order valence-corrected chi connectivity index (χ2v) is 8.03. The number of nitrogens with zero attached hydrogens (tertiary/aromatic N) is 2. The van der Waals surface area contributed by atoms with E-state index in [4.69, 9.17) is 5.84 Å². The smallest absolute Gasteiger partial charge is 0.328 e. The molecule has 2 heterocycles. The van der Waals surface area contributed by atoms with Crippen LogP contribution in [0.5, 0.6) is 0 Å². The highest BCUT2D eigenvalue weighted by atomic mass is 16.4. The number of carbonyl (C=O) groups excluding carboxylic acids is 1. The van der Waals surface area contributed by atoms with E-state index in [0.717, 1.165) is 16.7 Å². The first kappa shape index (κ1) is 24.3. The number of carboxylic acid groups (broad SMARTS) is 1. The highest BCUT2D eigenvalue weighted by Gasteiger charge is 2.22. The average molecular weight is 482 g/mol. The number of nitrogens with two attached hydrogens (primary N) is 1. The van der Waals surface area contributed by atoms with Gasteiger partial charge in [0.25, 0.3) is 5.91 Å². The molecule has 2 aromatic heterocycles. The Morgan fingerprint density at radius 2 is 1.64 bits per heavy atom. The van der Waals surface area contributed by atoms with Crippen molar-refractivity contribution in [1.29, 1.82) is 0 Å². The molecule has 0 aliphatic carbocycles. The summed E-state index contributed by atoms with van der Waals surface area (Å²) in [5, 5.41) is 22.2. The molecule has 180 valence electrons. The van der Waals surface area contributed by atoms with E-state index in [-0.39, 0.29) is 0 Å². The first-order valence-electron chi connectivity index (χ1n) is 11.0. The monoisotopic (exact) mass is 481 g/mol. The van der Waals surface area contributed by atoms with Crippen LogP contribution in [0.1, 0.15) is 28.4 Å². The topological polar surface area (TPSA) is 150 Å². The number of carbonyl (C=O) groups is 2. The zero-order valence-corrected chi connectivity index (χ0v) is 19.3. The first-order chi connectivity index (χ1) is 17.4. The van der Waals surface area contributed by atoms with Gasteiger partial charge in [0, 0.05) is 40.2 Å². The molecule has 2 aromatic carbocycles. The van der Waals surface area contributed by atoms with Crippen LogP contribution in [-0.2, 0) is 4.79 Å². The number of aliphatic carboxylic acids is 1. The molecule has 0 aliphatic rings. The normalized spacial score (nSPS) is 12.2. The molecule has 2 atom stereocenters. The quantitative estimate of drug-likeness (QED) is 0.122. The Labute approximate surface area is 207 Å². The molecular formula is C27H23N5O4. The number of nitrogens with one attached hydrogen (secondary N) is 2. The molecule has 0 fully saturated rings. The Bertz CT molecular complexity index is 1470. The van der Waals surface area contributed by atoms with Crippen molar-refractivity contribution in [1.82, 2.24) is 15.4 Å². The average Bonchev–Trinajstić information content (AvgIpc) is 2.90. The zero-order valence-electron chi connectivity index (χ0n) is 19.3. The van der Waals surface area contributed by atoms with Crippen molar-refractivity contribution in [3.63, 3.8) is 0 Å². The predicted molar refractivity (Wildman–Crippen MR) is 136 cm³/mol. The van der Waals surface area contributed by atoms with Crippen LogP contribution in [0.4, 0.5) is 5.69 Å². The van der Waals surface area contributed by atoms with E-state index < -0.39 is 24.0 Å². The maximum Gasteiger partial charge on any atom is 0.328 e. The molecule has 4 rings (SSSR count). The Morgan fingerprint density at radius 1 is 1.00 bits per heavy atom. The Kier molecular flexibility index (Phi) is 7.20. The Hall–Kier alpha value is -4.78. The first-order valence-corrected chi connectivity index (χ1v) is 11.0. The van der Waals surface area contributed by atoms with E-state index in [1.165, 1.54) is 6.92 Å². The SMILES string of the molecule is CC(O)C(Nc1ccc(C#Cc2ccc(-c3cc(C(=O)NN)c4cnccc4n3)cc2)cc1)C(=O)O. The number of amides is 1. The third-order valence-electron chi connectivity index (χ3n) is 5.47. The number of hydrogen-bond acceptors (Lipinski definition) is 7. The van der Waals surface area contributed by atoms with Crippen molar-refractivity contribution in [3.8, 4) is 23.1 Å². The molecule has 9 nitrogen and oxygen atoms in total. The lowest BCUT2D eigenvalue weighted by atomic mass is 10.0. The summed E-state index contributed by atoms with van der Waals surface area (Å²) >= 11 is 0. The second-order valence-electron chi connectivity index (χ2n) is 8.03. The van der Waals surface area contributed by atoms with E-state index in [1.54, 1.807) is 48.8 Å². The van der Waals surface area contributed by atoms with Gasteiger partial charge in [0.05, 0.1) is 22.9 Å². The van der Waals surface area contributed by atoms with Gasteiger partial charge in [-0.05, 0) is 55.5 Å². The molecule has 1 amide bonds. The minimum absolute atomic E-state index is 0.385. The number of nitrogen functional groups attached to an aromatic ring is 1. The minimum Gasteiger partial charge on any atom is -0.480 e. The molecule has 0 bridgehead atoms. The number of aliphatic hydroxyl groups is 1. The number of aliphatic hydroxyl groups excluding tert-OH is 1. The van der Waals surface area contributed by atoms with Crippen molar-refractivity contribution in [2.45, 2.75) is 19.1 Å². The molecule has 0 saturated heterocycles. The molecule has 36 heavy (non-hydrogen) atoms. The summed E-state index contributed by atoms with van der Waals surface area (Å²) in [7, 11) is 0. The van der Waals surface area contributed by atoms with Crippen LogP contribution in [0.15, 0.2) is 73.1 Å². The summed E-state index contributed by atoms with van der Waals surface area (Å²) in [5.41, 5.74) is 6.70. The number of hydrazine groups is 1. The van der Waals surface area contributed by atoms with E-state index >= 15 is 0 Å². The fraction of sp³-hybridized carbons (Fsp3) is 0.111. The van der Waals surface area contributed by atoms with Gasteiger partial charge >= 0.3 is 5.97 Å². The van der Waals surface area contributed by atoms with Crippen LogP contribution in [0.2, 0.25) is 0 Å². The number of benzene rings is 2. The summed E-state index contributed by atoms with van der Waals surface area (Å²) in [6, 6.07) is 16.7. The number of hydrogen-bond donors (Lipinski definition) is 5. The maximum atomic E-state index is 12.3. The fourth-order valence-corrected chi connectivity index (χ4v) is 3.57. The van der Waals surface area contributed by atoms with E-state index in [9.17, 15) is 19.8 Å². The highest BCUT2D eigenvalue weighted by Crippen LogP contribution is 2.24. The zero-order chi connectivity index (χ0) is 25.7. The van der Waals surface area contributed by atoms with E-state index in [1.807, 2.05) is 24.3 Å². The van der Waals surface area contributed by atoms with Crippen LogP contribution in [0, 0.1) is 11.8 Å². The van der Waals surface area contributed by atoms with Crippen LogP contribution >= 0.6 is 0 Å². The molecule has 2 unspecified atom stereocenters. The van der Waals surface area contributed by atoms with Gasteiger partial charge in [-0.2, -0.15) is 0 Å². The van der Waals surface area contributed by atoms with Crippen LogP contribution in [0.3, 0.4) is 0 Å². The number of pyridine rings is 2. The lowest BCUT2D eigenvalue weighted by Crippen LogP contribution is -2.38. The molecule has 4 aromatic rings. The van der Waals surface area contributed by atoms with Gasteiger partial charge in [-0.25, -0.2) is 15.6 Å². The van der Waals surface area contributed by atoms with Gasteiger partial charge in [0.15, 0.2) is 6.04 Å². The predicted octanol–water partition coefficient (Wildman–Crippen LogP) is 2.55. The fourth-order valence-electron chi connectivity index (χ4n) is 3.57. The van der Waals surface area contributed by atoms with E-state index in [2.05, 4.69) is 32.6 Å². The summed E-state index contributed by atoms with van der Waals surface area (Å²) in [5.74, 6) is 9.95. The third kappa shape index (κ3) is 5.47. The third-order valence-corrected chi connectivity index (χ3v) is 5.47. The van der Waals surface area contributed by atoms with Crippen LogP contribution in [0.25, 0.3) is 22.2 Å². The lowest BCUT2D eigenvalue weighted by Gasteiger charge is -2.18. The van der Waals surface area contributed by atoms with Gasteiger partial charge in [-0.3, -0.25) is 15.2 Å². The standard InChI is InChI=1S/C27H23N5O4/c1-16(33)25(27(35)36)30-20-10-6-18(7-11-20)3-2-17-4-8-19(9-5-17)24-14-21(26(34)32-28)22-15-29-13-12-23(22)31-24/h4-16,25,30,33H,28H2,1H3,(H,32,34)(H,35,36). The molecule has 9 heteroatoms.